The van der Waals surface area contributed by atoms with Crippen LogP contribution < -0.4 is 5.32 Å². The highest BCUT2D eigenvalue weighted by Crippen LogP contribution is 2.27. The zero-order chi connectivity index (χ0) is 19.8. The minimum atomic E-state index is 0.0362. The van der Waals surface area contributed by atoms with E-state index in [9.17, 15) is 4.79 Å². The number of nitrogens with zero attached hydrogens (tertiary/aromatic N) is 1. The number of piperidine rings is 1. The summed E-state index contributed by atoms with van der Waals surface area (Å²) in [6, 6.07) is 16.0. The average Bonchev–Trinajstić information content (AvgIpc) is 2.71. The lowest BCUT2D eigenvalue weighted by molar-refractivity contribution is -0.126. The van der Waals surface area contributed by atoms with Gasteiger partial charge in [0.2, 0.25) is 5.91 Å². The molecular formula is C22H26Cl2N2OS. The van der Waals surface area contributed by atoms with Crippen molar-refractivity contribution in [3.63, 3.8) is 0 Å². The van der Waals surface area contributed by atoms with Crippen LogP contribution >= 0.6 is 35.0 Å². The van der Waals surface area contributed by atoms with E-state index in [0.29, 0.717) is 23.1 Å². The fourth-order valence-electron chi connectivity index (χ4n) is 3.48. The number of carbonyl (C=O) groups excluding carboxylic acids is 1. The molecule has 1 amide bonds. The van der Waals surface area contributed by atoms with Gasteiger partial charge >= 0.3 is 0 Å². The third kappa shape index (κ3) is 6.41. The van der Waals surface area contributed by atoms with Crippen molar-refractivity contribution in [2.24, 2.45) is 5.92 Å². The molecule has 2 aromatic rings. The molecular weight excluding hydrogens is 411 g/mol. The van der Waals surface area contributed by atoms with Crippen LogP contribution in [0.4, 0.5) is 0 Å². The third-order valence-electron chi connectivity index (χ3n) is 4.98. The Labute approximate surface area is 181 Å². The molecule has 0 spiro atoms. The normalized spacial score (nSPS) is 17.4. The summed E-state index contributed by atoms with van der Waals surface area (Å²) in [4.78, 5) is 14.8. The van der Waals surface area contributed by atoms with Crippen molar-refractivity contribution in [2.45, 2.75) is 25.1 Å². The third-order valence-corrected chi connectivity index (χ3v) is 6.72. The van der Waals surface area contributed by atoms with E-state index >= 15 is 0 Å². The molecule has 28 heavy (non-hydrogen) atoms. The van der Waals surface area contributed by atoms with Gasteiger partial charge in [0.05, 0.1) is 5.92 Å². The minimum absolute atomic E-state index is 0.0362. The second kappa shape index (κ2) is 11.1. The van der Waals surface area contributed by atoms with Crippen molar-refractivity contribution < 1.29 is 4.79 Å². The van der Waals surface area contributed by atoms with Gasteiger partial charge in [-0.1, -0.05) is 59.6 Å². The molecule has 1 N–H and O–H groups in total. The summed E-state index contributed by atoms with van der Waals surface area (Å²) in [5.74, 6) is 2.10. The van der Waals surface area contributed by atoms with Gasteiger partial charge in [-0.05, 0) is 37.1 Å². The fourth-order valence-corrected chi connectivity index (χ4v) is 4.81. The molecule has 3 nitrogen and oxygen atoms in total. The number of halogens is 2. The van der Waals surface area contributed by atoms with Crippen LogP contribution in [0.15, 0.2) is 48.5 Å². The number of carbonyl (C=O) groups is 1. The van der Waals surface area contributed by atoms with Crippen molar-refractivity contribution in [1.82, 2.24) is 10.2 Å². The molecule has 0 radical (unpaired) electrons. The topological polar surface area (TPSA) is 32.3 Å². The van der Waals surface area contributed by atoms with Crippen LogP contribution in [0, 0.1) is 5.92 Å². The van der Waals surface area contributed by atoms with Gasteiger partial charge in [-0.25, -0.2) is 0 Å². The second-order valence-corrected chi connectivity index (χ2v) is 9.02. The average molecular weight is 437 g/mol. The van der Waals surface area contributed by atoms with Gasteiger partial charge in [-0.15, -0.1) is 0 Å². The Kier molecular flexibility index (Phi) is 8.53. The van der Waals surface area contributed by atoms with E-state index < -0.39 is 0 Å². The molecule has 1 aliphatic heterocycles. The van der Waals surface area contributed by atoms with Gasteiger partial charge < -0.3 is 5.32 Å². The Morgan fingerprint density at radius 2 is 1.86 bits per heavy atom. The highest BCUT2D eigenvalue weighted by molar-refractivity contribution is 7.98. The zero-order valence-corrected chi connectivity index (χ0v) is 18.2. The first-order chi connectivity index (χ1) is 13.6. The summed E-state index contributed by atoms with van der Waals surface area (Å²) in [7, 11) is 0. The molecule has 150 valence electrons. The van der Waals surface area contributed by atoms with Crippen molar-refractivity contribution in [1.29, 1.82) is 0 Å². The molecule has 6 heteroatoms. The molecule has 1 atom stereocenters. The van der Waals surface area contributed by atoms with Crippen LogP contribution in [0.5, 0.6) is 0 Å². The highest BCUT2D eigenvalue weighted by atomic mass is 35.5. The van der Waals surface area contributed by atoms with Gasteiger partial charge in [-0.3, -0.25) is 9.69 Å². The van der Waals surface area contributed by atoms with E-state index in [0.717, 1.165) is 43.0 Å². The number of benzene rings is 2. The van der Waals surface area contributed by atoms with E-state index in [2.05, 4.69) is 34.5 Å². The van der Waals surface area contributed by atoms with Crippen molar-refractivity contribution in [3.8, 4) is 0 Å². The molecule has 0 bridgehead atoms. The maximum atomic E-state index is 12.6. The lowest BCUT2D eigenvalue weighted by atomic mass is 9.96. The molecule has 1 aliphatic rings. The predicted molar refractivity (Wildman–Crippen MR) is 120 cm³/mol. The number of rotatable bonds is 8. The molecule has 0 saturated carbocycles. The maximum absolute atomic E-state index is 12.6. The molecule has 3 rings (SSSR count). The number of hydrogen-bond acceptors (Lipinski definition) is 3. The van der Waals surface area contributed by atoms with Crippen LogP contribution in [0.2, 0.25) is 10.0 Å². The number of thioether (sulfide) groups is 1. The van der Waals surface area contributed by atoms with E-state index in [1.54, 1.807) is 0 Å². The quantitative estimate of drug-likeness (QED) is 0.573. The first kappa shape index (κ1) is 21.5. The Balaban J connectivity index is 1.40. The van der Waals surface area contributed by atoms with Gasteiger partial charge in [0.25, 0.3) is 0 Å². The smallest absolute Gasteiger partial charge is 0.224 e. The first-order valence-corrected chi connectivity index (χ1v) is 11.6. The Morgan fingerprint density at radius 1 is 1.11 bits per heavy atom. The molecule has 1 unspecified atom stereocenters. The van der Waals surface area contributed by atoms with Gasteiger partial charge in [0.15, 0.2) is 0 Å². The van der Waals surface area contributed by atoms with Gasteiger partial charge in [0.1, 0.15) is 0 Å². The fraction of sp³-hybridized carbons (Fsp3) is 0.409. The second-order valence-electron chi connectivity index (χ2n) is 7.10. The number of hydrogen-bond donors (Lipinski definition) is 1. The van der Waals surface area contributed by atoms with E-state index in [1.807, 2.05) is 36.0 Å². The van der Waals surface area contributed by atoms with Crippen LogP contribution in [0.25, 0.3) is 0 Å². The Bertz CT molecular complexity index is 752. The van der Waals surface area contributed by atoms with Crippen molar-refractivity contribution in [3.05, 3.63) is 69.7 Å². The standard InChI is InChI=1S/C22H26Cl2N2OS/c23-20-9-4-10-21(24)19(20)15-26-12-5-8-18(14-26)22(27)25-11-13-28-16-17-6-2-1-3-7-17/h1-4,6-7,9-10,18H,5,8,11-16H2,(H,25,27). The van der Waals surface area contributed by atoms with Gasteiger partial charge in [-0.2, -0.15) is 11.8 Å². The Morgan fingerprint density at radius 3 is 2.61 bits per heavy atom. The van der Waals surface area contributed by atoms with E-state index in [1.165, 1.54) is 5.56 Å². The molecule has 1 heterocycles. The lowest BCUT2D eigenvalue weighted by Crippen LogP contribution is -2.43. The SMILES string of the molecule is O=C(NCCSCc1ccccc1)C1CCCN(Cc2c(Cl)cccc2Cl)C1. The van der Waals surface area contributed by atoms with E-state index in [4.69, 9.17) is 23.2 Å². The first-order valence-electron chi connectivity index (χ1n) is 9.68. The lowest BCUT2D eigenvalue weighted by Gasteiger charge is -2.32. The van der Waals surface area contributed by atoms with Gasteiger partial charge in [0, 0.05) is 46.7 Å². The minimum Gasteiger partial charge on any atom is -0.355 e. The van der Waals surface area contributed by atoms with Crippen LogP contribution in [0.1, 0.15) is 24.0 Å². The summed E-state index contributed by atoms with van der Waals surface area (Å²) in [6.07, 6.45) is 1.96. The largest absolute Gasteiger partial charge is 0.355 e. The van der Waals surface area contributed by atoms with Crippen molar-refractivity contribution >= 4 is 40.9 Å². The van der Waals surface area contributed by atoms with Crippen LogP contribution in [0.3, 0.4) is 0 Å². The zero-order valence-electron chi connectivity index (χ0n) is 15.9. The van der Waals surface area contributed by atoms with Crippen LogP contribution in [-0.4, -0.2) is 36.2 Å². The summed E-state index contributed by atoms with van der Waals surface area (Å²) < 4.78 is 0. The van der Waals surface area contributed by atoms with E-state index in [-0.39, 0.29) is 11.8 Å². The molecule has 0 aromatic heterocycles. The summed E-state index contributed by atoms with van der Waals surface area (Å²) in [5, 5.41) is 4.49. The molecule has 1 fully saturated rings. The Hall–Kier alpha value is -1.20. The van der Waals surface area contributed by atoms with Crippen molar-refractivity contribution in [2.75, 3.05) is 25.4 Å². The molecule has 0 aliphatic carbocycles. The number of nitrogens with one attached hydrogen (secondary N) is 1. The molecule has 2 aromatic carbocycles. The highest BCUT2D eigenvalue weighted by Gasteiger charge is 2.26. The number of amides is 1. The molecule has 1 saturated heterocycles. The number of likely N-dealkylation sites (tertiary alicyclic amines) is 1. The maximum Gasteiger partial charge on any atom is 0.224 e. The summed E-state index contributed by atoms with van der Waals surface area (Å²) in [6.45, 7) is 3.13. The predicted octanol–water partition coefficient (Wildman–Crippen LogP) is 5.26. The monoisotopic (exact) mass is 436 g/mol. The summed E-state index contributed by atoms with van der Waals surface area (Å²) in [5.41, 5.74) is 2.27. The van der Waals surface area contributed by atoms with Crippen LogP contribution in [-0.2, 0) is 17.1 Å². The summed E-state index contributed by atoms with van der Waals surface area (Å²) >= 11 is 14.4.